The number of nitriles is 1. The number of amides is 1. The second-order valence-electron chi connectivity index (χ2n) is 4.07. The number of rotatable bonds is 3. The summed E-state index contributed by atoms with van der Waals surface area (Å²) < 4.78 is 13.4. The molecule has 21 heavy (non-hydrogen) atoms. The molecule has 0 aliphatic heterocycles. The molecule has 2 rings (SSSR count). The summed E-state index contributed by atoms with van der Waals surface area (Å²) in [6.07, 6.45) is 0. The second kappa shape index (κ2) is 5.79. The minimum atomic E-state index is -1.04. The zero-order valence-electron chi connectivity index (χ0n) is 10.5. The maximum atomic E-state index is 13.4. The Balaban J connectivity index is 2.22. The smallest absolute Gasteiger partial charge is 0.304 e. The molecule has 0 unspecified atom stereocenters. The molecule has 0 radical (unpaired) electrons. The summed E-state index contributed by atoms with van der Waals surface area (Å²) in [7, 11) is 0. The van der Waals surface area contributed by atoms with Gasteiger partial charge in [0.15, 0.2) is 0 Å². The molecular weight excluding hydrogens is 277 g/mol. The van der Waals surface area contributed by atoms with Crippen LogP contribution in [0.1, 0.15) is 15.9 Å². The molecular formula is C14H8FN3O3. The van der Waals surface area contributed by atoms with Crippen molar-refractivity contribution in [3.63, 3.8) is 0 Å². The number of nitrogens with zero attached hydrogens (tertiary/aromatic N) is 2. The summed E-state index contributed by atoms with van der Waals surface area (Å²) >= 11 is 0. The molecule has 0 heterocycles. The quantitative estimate of drug-likeness (QED) is 0.692. The fourth-order valence-corrected chi connectivity index (χ4v) is 1.67. The van der Waals surface area contributed by atoms with E-state index in [0.717, 1.165) is 12.1 Å². The van der Waals surface area contributed by atoms with Crippen LogP contribution in [0, 0.1) is 27.3 Å². The molecule has 0 spiro atoms. The van der Waals surface area contributed by atoms with E-state index < -0.39 is 22.3 Å². The molecule has 104 valence electrons. The fraction of sp³-hybridized carbons (Fsp3) is 0. The maximum Gasteiger partial charge on any atom is 0.304 e. The maximum absolute atomic E-state index is 13.4. The molecule has 0 aliphatic carbocycles. The summed E-state index contributed by atoms with van der Waals surface area (Å²) in [6.45, 7) is 0. The van der Waals surface area contributed by atoms with E-state index in [0.29, 0.717) is 5.56 Å². The number of hydrogen-bond donors (Lipinski definition) is 1. The van der Waals surface area contributed by atoms with Crippen molar-refractivity contribution in [2.24, 2.45) is 0 Å². The van der Waals surface area contributed by atoms with Gasteiger partial charge in [0, 0.05) is 23.4 Å². The van der Waals surface area contributed by atoms with E-state index in [1.165, 1.54) is 18.2 Å². The van der Waals surface area contributed by atoms with Gasteiger partial charge in [-0.1, -0.05) is 6.07 Å². The Labute approximate surface area is 118 Å². The Morgan fingerprint density at radius 1 is 1.29 bits per heavy atom. The predicted molar refractivity (Wildman–Crippen MR) is 72.2 cm³/mol. The highest BCUT2D eigenvalue weighted by molar-refractivity contribution is 6.04. The lowest BCUT2D eigenvalue weighted by molar-refractivity contribution is -0.387. The first kappa shape index (κ1) is 14.1. The largest absolute Gasteiger partial charge is 0.322 e. The first-order chi connectivity index (χ1) is 10.0. The van der Waals surface area contributed by atoms with Crippen LogP contribution in [-0.2, 0) is 0 Å². The number of nitrogens with one attached hydrogen (secondary N) is 1. The molecule has 6 nitrogen and oxygen atoms in total. The molecule has 0 saturated carbocycles. The molecule has 1 N–H and O–H groups in total. The molecule has 2 aromatic carbocycles. The van der Waals surface area contributed by atoms with Crippen LogP contribution in [0.2, 0.25) is 0 Å². The molecule has 0 saturated heterocycles. The van der Waals surface area contributed by atoms with Gasteiger partial charge in [0.05, 0.1) is 16.6 Å². The highest BCUT2D eigenvalue weighted by atomic mass is 19.1. The van der Waals surface area contributed by atoms with Crippen molar-refractivity contribution < 1.29 is 14.1 Å². The lowest BCUT2D eigenvalue weighted by Crippen LogP contribution is -2.12. The van der Waals surface area contributed by atoms with Crippen LogP contribution in [0.5, 0.6) is 0 Å². The Morgan fingerprint density at radius 3 is 2.67 bits per heavy atom. The number of carbonyl (C=O) groups is 1. The summed E-state index contributed by atoms with van der Waals surface area (Å²) in [5.74, 6) is -1.58. The Kier molecular flexibility index (Phi) is 3.90. The van der Waals surface area contributed by atoms with Crippen LogP contribution < -0.4 is 5.32 Å². The lowest BCUT2D eigenvalue weighted by Gasteiger charge is -2.05. The highest BCUT2D eigenvalue weighted by Crippen LogP contribution is 2.21. The number of anilines is 1. The van der Waals surface area contributed by atoms with Crippen LogP contribution in [0.15, 0.2) is 42.5 Å². The first-order valence-corrected chi connectivity index (χ1v) is 5.76. The van der Waals surface area contributed by atoms with Crippen LogP contribution in [-0.4, -0.2) is 10.8 Å². The SMILES string of the molecule is N#Cc1cccc(C(=O)Nc2ccc([N+](=O)[O-])c(F)c2)c1. The molecule has 7 heteroatoms. The number of nitro groups is 1. The summed E-state index contributed by atoms with van der Waals surface area (Å²) in [5, 5.41) is 21.7. The number of benzene rings is 2. The predicted octanol–water partition coefficient (Wildman–Crippen LogP) is 2.86. The Morgan fingerprint density at radius 2 is 2.05 bits per heavy atom. The van der Waals surface area contributed by atoms with Gasteiger partial charge in [0.1, 0.15) is 0 Å². The molecule has 0 aliphatic rings. The normalized spacial score (nSPS) is 9.71. The van der Waals surface area contributed by atoms with E-state index in [-0.39, 0.29) is 11.3 Å². The van der Waals surface area contributed by atoms with Crippen molar-refractivity contribution in [2.75, 3.05) is 5.32 Å². The van der Waals surface area contributed by atoms with Crippen LogP contribution in [0.4, 0.5) is 15.8 Å². The van der Waals surface area contributed by atoms with Gasteiger partial charge in [-0.25, -0.2) is 0 Å². The van der Waals surface area contributed by atoms with Gasteiger partial charge < -0.3 is 5.32 Å². The van der Waals surface area contributed by atoms with Gasteiger partial charge in [0.2, 0.25) is 5.82 Å². The van der Waals surface area contributed by atoms with Gasteiger partial charge in [-0.3, -0.25) is 14.9 Å². The zero-order valence-corrected chi connectivity index (χ0v) is 10.5. The fourth-order valence-electron chi connectivity index (χ4n) is 1.67. The third-order valence-electron chi connectivity index (χ3n) is 2.66. The average molecular weight is 285 g/mol. The van der Waals surface area contributed by atoms with E-state index in [4.69, 9.17) is 5.26 Å². The number of halogens is 1. The van der Waals surface area contributed by atoms with Crippen LogP contribution in [0.25, 0.3) is 0 Å². The second-order valence-corrected chi connectivity index (χ2v) is 4.07. The average Bonchev–Trinajstić information content (AvgIpc) is 2.47. The van der Waals surface area contributed by atoms with E-state index in [9.17, 15) is 19.3 Å². The number of nitro benzene ring substituents is 1. The first-order valence-electron chi connectivity index (χ1n) is 5.76. The van der Waals surface area contributed by atoms with Gasteiger partial charge in [-0.15, -0.1) is 0 Å². The van der Waals surface area contributed by atoms with Gasteiger partial charge in [-0.2, -0.15) is 9.65 Å². The topological polar surface area (TPSA) is 96.0 Å². The molecule has 0 atom stereocenters. The lowest BCUT2D eigenvalue weighted by atomic mass is 10.1. The minimum absolute atomic E-state index is 0.0884. The van der Waals surface area contributed by atoms with Gasteiger partial charge in [-0.05, 0) is 24.3 Å². The van der Waals surface area contributed by atoms with Crippen LogP contribution >= 0.6 is 0 Å². The van der Waals surface area contributed by atoms with Crippen molar-refractivity contribution in [1.82, 2.24) is 0 Å². The van der Waals surface area contributed by atoms with E-state index in [2.05, 4.69) is 5.32 Å². The summed E-state index contributed by atoms with van der Waals surface area (Å²) in [5.41, 5.74) is -0.0321. The standard InChI is InChI=1S/C14H8FN3O3/c15-12-7-11(4-5-13(12)18(20)21)17-14(19)10-3-1-2-9(6-10)8-16/h1-7H,(H,17,19). The molecule has 0 fully saturated rings. The third-order valence-corrected chi connectivity index (χ3v) is 2.66. The summed E-state index contributed by atoms with van der Waals surface area (Å²) in [4.78, 5) is 21.6. The monoisotopic (exact) mass is 285 g/mol. The molecule has 0 bridgehead atoms. The van der Waals surface area contributed by atoms with Crippen LogP contribution in [0.3, 0.4) is 0 Å². The van der Waals surface area contributed by atoms with E-state index >= 15 is 0 Å². The van der Waals surface area contributed by atoms with Crippen molar-refractivity contribution in [3.8, 4) is 6.07 Å². The Hall–Kier alpha value is -3.27. The van der Waals surface area contributed by atoms with Crippen molar-refractivity contribution in [3.05, 3.63) is 69.5 Å². The minimum Gasteiger partial charge on any atom is -0.322 e. The molecule has 0 aromatic heterocycles. The van der Waals surface area contributed by atoms with Gasteiger partial charge in [0.25, 0.3) is 5.91 Å². The highest BCUT2D eigenvalue weighted by Gasteiger charge is 2.15. The summed E-state index contributed by atoms with van der Waals surface area (Å²) in [6, 6.07) is 10.9. The van der Waals surface area contributed by atoms with Crippen molar-refractivity contribution in [2.45, 2.75) is 0 Å². The third kappa shape index (κ3) is 3.19. The molecule has 1 amide bonds. The van der Waals surface area contributed by atoms with E-state index in [1.54, 1.807) is 12.1 Å². The van der Waals surface area contributed by atoms with Gasteiger partial charge >= 0.3 is 5.69 Å². The number of carbonyl (C=O) groups excluding carboxylic acids is 1. The number of hydrogen-bond acceptors (Lipinski definition) is 4. The molecule has 2 aromatic rings. The van der Waals surface area contributed by atoms with Crippen molar-refractivity contribution >= 4 is 17.3 Å². The zero-order chi connectivity index (χ0) is 15.4. The van der Waals surface area contributed by atoms with E-state index in [1.807, 2.05) is 6.07 Å². The van der Waals surface area contributed by atoms with Crippen molar-refractivity contribution in [1.29, 1.82) is 5.26 Å². The Bertz CT molecular complexity index is 768.